The summed E-state index contributed by atoms with van der Waals surface area (Å²) >= 11 is 0. The standard InChI is InChI=1S/C18H24N6O2.ClH/c1-11(19)14-6-3-4-9-24(14)15(25)10-13-12(2)22-17(23-18(13)26)16-20-7-5-8-21-16;/h5,7-8,11,14H,3-4,6,9-10,19H2,1-2H3,(H,22,23,26);1H. The van der Waals surface area contributed by atoms with Crippen LogP contribution in [0.5, 0.6) is 0 Å². The number of nitrogens with zero attached hydrogens (tertiary/aromatic N) is 4. The molecule has 1 amide bonds. The molecule has 2 aromatic rings. The van der Waals surface area contributed by atoms with Gasteiger partial charge >= 0.3 is 0 Å². The van der Waals surface area contributed by atoms with E-state index in [0.29, 0.717) is 29.5 Å². The highest BCUT2D eigenvalue weighted by Gasteiger charge is 2.30. The zero-order valence-corrected chi connectivity index (χ0v) is 16.3. The van der Waals surface area contributed by atoms with Gasteiger partial charge in [0.15, 0.2) is 11.6 Å². The fourth-order valence-corrected chi connectivity index (χ4v) is 3.41. The van der Waals surface area contributed by atoms with Gasteiger partial charge in [0, 0.05) is 42.3 Å². The molecule has 0 radical (unpaired) electrons. The van der Waals surface area contributed by atoms with E-state index < -0.39 is 0 Å². The summed E-state index contributed by atoms with van der Waals surface area (Å²) in [6.07, 6.45) is 6.13. The molecule has 9 heteroatoms. The van der Waals surface area contributed by atoms with Crippen molar-refractivity contribution in [3.8, 4) is 11.6 Å². The average molecular weight is 393 g/mol. The van der Waals surface area contributed by atoms with Crippen LogP contribution in [0.15, 0.2) is 23.3 Å². The van der Waals surface area contributed by atoms with E-state index in [1.165, 1.54) is 0 Å². The molecule has 8 nitrogen and oxygen atoms in total. The Morgan fingerprint density at radius 2 is 2.07 bits per heavy atom. The van der Waals surface area contributed by atoms with Gasteiger partial charge in [-0.1, -0.05) is 0 Å². The van der Waals surface area contributed by atoms with Gasteiger partial charge in [0.25, 0.3) is 5.56 Å². The van der Waals surface area contributed by atoms with E-state index >= 15 is 0 Å². The summed E-state index contributed by atoms with van der Waals surface area (Å²) in [5, 5.41) is 0. The number of H-pyrrole nitrogens is 1. The van der Waals surface area contributed by atoms with Crippen LogP contribution in [-0.2, 0) is 11.2 Å². The maximum absolute atomic E-state index is 12.8. The summed E-state index contributed by atoms with van der Waals surface area (Å²) in [6, 6.07) is 1.63. The molecule has 0 saturated carbocycles. The molecule has 2 atom stereocenters. The van der Waals surface area contributed by atoms with E-state index in [9.17, 15) is 9.59 Å². The summed E-state index contributed by atoms with van der Waals surface area (Å²) in [6.45, 7) is 4.33. The van der Waals surface area contributed by atoms with Gasteiger partial charge in [-0.15, -0.1) is 12.4 Å². The quantitative estimate of drug-likeness (QED) is 0.807. The van der Waals surface area contributed by atoms with Crippen LogP contribution in [0, 0.1) is 6.92 Å². The van der Waals surface area contributed by atoms with Gasteiger partial charge in [-0.05, 0) is 39.2 Å². The number of carbonyl (C=O) groups is 1. The van der Waals surface area contributed by atoms with Crippen LogP contribution in [0.3, 0.4) is 0 Å². The molecule has 2 aromatic heterocycles. The van der Waals surface area contributed by atoms with Crippen molar-refractivity contribution >= 4 is 18.3 Å². The molecule has 146 valence electrons. The van der Waals surface area contributed by atoms with Crippen LogP contribution >= 0.6 is 12.4 Å². The van der Waals surface area contributed by atoms with Crippen molar-refractivity contribution in [2.24, 2.45) is 5.73 Å². The van der Waals surface area contributed by atoms with Crippen LogP contribution in [0.25, 0.3) is 11.6 Å². The number of aromatic amines is 1. The van der Waals surface area contributed by atoms with E-state index in [4.69, 9.17) is 5.73 Å². The van der Waals surface area contributed by atoms with E-state index in [1.807, 2.05) is 11.8 Å². The van der Waals surface area contributed by atoms with E-state index in [1.54, 1.807) is 25.4 Å². The van der Waals surface area contributed by atoms with Crippen LogP contribution in [0.2, 0.25) is 0 Å². The third kappa shape index (κ3) is 4.70. The number of piperidine rings is 1. The number of aromatic nitrogens is 4. The van der Waals surface area contributed by atoms with Crippen LogP contribution in [0.4, 0.5) is 0 Å². The zero-order valence-electron chi connectivity index (χ0n) is 15.5. The van der Waals surface area contributed by atoms with Crippen LogP contribution in [0.1, 0.15) is 37.4 Å². The van der Waals surface area contributed by atoms with Crippen molar-refractivity contribution in [2.45, 2.75) is 51.6 Å². The molecule has 1 aliphatic rings. The lowest BCUT2D eigenvalue weighted by Crippen LogP contribution is -2.52. The summed E-state index contributed by atoms with van der Waals surface area (Å²) in [7, 11) is 0. The number of nitrogens with two attached hydrogens (primary N) is 1. The lowest BCUT2D eigenvalue weighted by molar-refractivity contribution is -0.134. The Hall–Kier alpha value is -2.32. The molecule has 0 bridgehead atoms. The maximum Gasteiger partial charge on any atom is 0.255 e. The van der Waals surface area contributed by atoms with Crippen molar-refractivity contribution in [1.82, 2.24) is 24.8 Å². The Bertz CT molecular complexity index is 839. The smallest absolute Gasteiger partial charge is 0.255 e. The Balaban J connectivity index is 0.00000261. The predicted molar refractivity (Wildman–Crippen MR) is 105 cm³/mol. The van der Waals surface area contributed by atoms with Gasteiger partial charge in [-0.3, -0.25) is 9.59 Å². The largest absolute Gasteiger partial charge is 0.338 e. The molecular formula is C18H25ClN6O2. The van der Waals surface area contributed by atoms with Crippen molar-refractivity contribution in [2.75, 3.05) is 6.54 Å². The Morgan fingerprint density at radius 1 is 1.37 bits per heavy atom. The molecule has 3 rings (SSSR count). The minimum Gasteiger partial charge on any atom is -0.338 e. The Labute approximate surface area is 164 Å². The Morgan fingerprint density at radius 3 is 2.70 bits per heavy atom. The van der Waals surface area contributed by atoms with Gasteiger partial charge in [-0.2, -0.15) is 0 Å². The lowest BCUT2D eigenvalue weighted by atomic mass is 9.96. The third-order valence-corrected chi connectivity index (χ3v) is 4.80. The molecule has 3 heterocycles. The molecule has 3 N–H and O–H groups in total. The number of amides is 1. The van der Waals surface area contributed by atoms with Crippen molar-refractivity contribution in [1.29, 1.82) is 0 Å². The molecule has 1 aliphatic heterocycles. The molecule has 0 spiro atoms. The maximum atomic E-state index is 12.8. The number of aryl methyl sites for hydroxylation is 1. The second-order valence-corrected chi connectivity index (χ2v) is 6.74. The van der Waals surface area contributed by atoms with Crippen molar-refractivity contribution < 1.29 is 4.79 Å². The molecular weight excluding hydrogens is 368 g/mol. The van der Waals surface area contributed by atoms with Gasteiger partial charge < -0.3 is 15.6 Å². The van der Waals surface area contributed by atoms with E-state index in [0.717, 1.165) is 19.3 Å². The first-order valence-corrected chi connectivity index (χ1v) is 8.89. The number of hydrogen-bond donors (Lipinski definition) is 2. The third-order valence-electron chi connectivity index (χ3n) is 4.80. The van der Waals surface area contributed by atoms with Gasteiger partial charge in [-0.25, -0.2) is 15.0 Å². The van der Waals surface area contributed by atoms with Crippen LogP contribution < -0.4 is 11.3 Å². The van der Waals surface area contributed by atoms with Crippen LogP contribution in [-0.4, -0.2) is 49.4 Å². The molecule has 0 aliphatic carbocycles. The Kier molecular flexibility index (Phi) is 7.04. The second-order valence-electron chi connectivity index (χ2n) is 6.74. The number of nitrogens with one attached hydrogen (secondary N) is 1. The first kappa shape index (κ1) is 21.0. The highest BCUT2D eigenvalue weighted by Crippen LogP contribution is 2.20. The second kappa shape index (κ2) is 9.05. The molecule has 27 heavy (non-hydrogen) atoms. The fraction of sp³-hybridized carbons (Fsp3) is 0.500. The molecule has 0 aromatic carbocycles. The normalized spacial score (nSPS) is 17.9. The molecule has 1 saturated heterocycles. The number of carbonyl (C=O) groups excluding carboxylic acids is 1. The monoisotopic (exact) mass is 392 g/mol. The van der Waals surface area contributed by atoms with Crippen molar-refractivity contribution in [3.63, 3.8) is 0 Å². The fourth-order valence-electron chi connectivity index (χ4n) is 3.41. The highest BCUT2D eigenvalue weighted by molar-refractivity contribution is 5.85. The summed E-state index contributed by atoms with van der Waals surface area (Å²) in [5.74, 6) is 0.570. The summed E-state index contributed by atoms with van der Waals surface area (Å²) < 4.78 is 0. The predicted octanol–water partition coefficient (Wildman–Crippen LogP) is 1.23. The average Bonchev–Trinajstić information content (AvgIpc) is 2.65. The lowest BCUT2D eigenvalue weighted by Gasteiger charge is -2.38. The van der Waals surface area contributed by atoms with E-state index in [2.05, 4.69) is 19.9 Å². The summed E-state index contributed by atoms with van der Waals surface area (Å²) in [4.78, 5) is 42.4. The van der Waals surface area contributed by atoms with Gasteiger partial charge in [0.2, 0.25) is 5.91 Å². The molecule has 1 fully saturated rings. The molecule has 2 unspecified atom stereocenters. The van der Waals surface area contributed by atoms with E-state index in [-0.39, 0.29) is 42.4 Å². The topological polar surface area (TPSA) is 118 Å². The zero-order chi connectivity index (χ0) is 18.7. The highest BCUT2D eigenvalue weighted by atomic mass is 35.5. The number of hydrogen-bond acceptors (Lipinski definition) is 6. The first-order chi connectivity index (χ1) is 12.5. The SMILES string of the molecule is Cc1nc(-c2ncccn2)[nH]c(=O)c1CC(=O)N1CCCCC1C(C)N.Cl. The summed E-state index contributed by atoms with van der Waals surface area (Å²) in [5.41, 5.74) is 6.61. The number of likely N-dealkylation sites (tertiary alicyclic amines) is 1. The first-order valence-electron chi connectivity index (χ1n) is 8.89. The number of halogens is 1. The van der Waals surface area contributed by atoms with Crippen molar-refractivity contribution in [3.05, 3.63) is 40.1 Å². The van der Waals surface area contributed by atoms with Gasteiger partial charge in [0.1, 0.15) is 0 Å². The number of rotatable bonds is 4. The minimum atomic E-state index is -0.331. The van der Waals surface area contributed by atoms with Gasteiger partial charge in [0.05, 0.1) is 6.42 Å². The minimum absolute atomic E-state index is 0.